The number of ether oxygens (including phenoxy) is 2. The molecule has 0 spiro atoms. The van der Waals surface area contributed by atoms with Crippen molar-refractivity contribution in [2.75, 3.05) is 13.2 Å². The van der Waals surface area contributed by atoms with Crippen molar-refractivity contribution in [3.63, 3.8) is 0 Å². The van der Waals surface area contributed by atoms with Crippen molar-refractivity contribution in [3.05, 3.63) is 12.7 Å². The zero-order valence-electron chi connectivity index (χ0n) is 12.4. The Labute approximate surface area is 121 Å². The van der Waals surface area contributed by atoms with E-state index in [4.69, 9.17) is 13.7 Å². The van der Waals surface area contributed by atoms with Gasteiger partial charge in [0.1, 0.15) is 0 Å². The van der Waals surface area contributed by atoms with Crippen LogP contribution in [0.5, 0.6) is 0 Å². The van der Waals surface area contributed by atoms with Crippen LogP contribution in [0.15, 0.2) is 12.7 Å². The molecule has 2 heterocycles. The summed E-state index contributed by atoms with van der Waals surface area (Å²) < 4.78 is 18.0. The summed E-state index contributed by atoms with van der Waals surface area (Å²) in [7, 11) is 0. The van der Waals surface area contributed by atoms with Gasteiger partial charge in [-0.3, -0.25) is 0 Å². The van der Waals surface area contributed by atoms with Gasteiger partial charge >= 0.3 is 0 Å². The lowest BCUT2D eigenvalue weighted by Gasteiger charge is -2.43. The van der Waals surface area contributed by atoms with Crippen LogP contribution in [0.1, 0.15) is 34.1 Å². The number of fused-ring (bicyclic) bond motifs is 1. The molecular weight excluding hydrogens is 260 g/mol. The van der Waals surface area contributed by atoms with E-state index in [9.17, 15) is 0 Å². The highest BCUT2D eigenvalue weighted by molar-refractivity contribution is 7.96. The predicted octanol–water partition coefficient (Wildman–Crippen LogP) is 3.44. The van der Waals surface area contributed by atoms with Crippen molar-refractivity contribution < 1.29 is 13.7 Å². The highest BCUT2D eigenvalue weighted by atomic mass is 32.2. The van der Waals surface area contributed by atoms with E-state index in [0.29, 0.717) is 18.4 Å². The second kappa shape index (κ2) is 6.17. The normalized spacial score (nSPS) is 40.9. The molecule has 0 radical (unpaired) electrons. The largest absolute Gasteiger partial charge is 0.378 e. The van der Waals surface area contributed by atoms with Gasteiger partial charge < -0.3 is 13.7 Å². The minimum absolute atomic E-state index is 0.0888. The van der Waals surface area contributed by atoms with E-state index in [1.807, 2.05) is 6.08 Å². The number of rotatable bonds is 5. The maximum absolute atomic E-state index is 6.18. The van der Waals surface area contributed by atoms with Gasteiger partial charge in [-0.05, 0) is 39.2 Å². The first-order chi connectivity index (χ1) is 8.97. The van der Waals surface area contributed by atoms with E-state index in [-0.39, 0.29) is 23.1 Å². The molecule has 2 aliphatic rings. The molecule has 0 aromatic carbocycles. The highest BCUT2D eigenvalue weighted by Crippen LogP contribution is 2.52. The fraction of sp³-hybridized carbons (Fsp3) is 0.867. The molecule has 19 heavy (non-hydrogen) atoms. The molecule has 0 amide bonds. The van der Waals surface area contributed by atoms with E-state index >= 15 is 0 Å². The average Bonchev–Trinajstić information content (AvgIpc) is 2.67. The first-order valence-corrected chi connectivity index (χ1v) is 7.90. The lowest BCUT2D eigenvalue weighted by molar-refractivity contribution is -0.166. The third-order valence-corrected chi connectivity index (χ3v) is 5.35. The van der Waals surface area contributed by atoms with Gasteiger partial charge in [-0.25, -0.2) is 0 Å². The second-order valence-corrected chi connectivity index (χ2v) is 7.58. The molecule has 0 aromatic rings. The van der Waals surface area contributed by atoms with Crippen molar-refractivity contribution in [3.8, 4) is 0 Å². The second-order valence-electron chi connectivity index (χ2n) is 6.16. The molecule has 0 bridgehead atoms. The monoisotopic (exact) mass is 286 g/mol. The van der Waals surface area contributed by atoms with Gasteiger partial charge in [-0.1, -0.05) is 13.0 Å². The Morgan fingerprint density at radius 3 is 2.79 bits per heavy atom. The standard InChI is InChI=1S/C15H26O3S/c1-6-7-8-16-9-12-13-14(10(2)11(3)17-12)18-19-15(13,4)5/h6,10-14H,1,7-9H2,2-5H3. The minimum atomic E-state index is 0.0888. The van der Waals surface area contributed by atoms with E-state index in [2.05, 4.69) is 34.3 Å². The van der Waals surface area contributed by atoms with Crippen molar-refractivity contribution in [1.82, 2.24) is 0 Å². The third-order valence-electron chi connectivity index (χ3n) is 4.33. The number of hydrogen-bond acceptors (Lipinski definition) is 4. The summed E-state index contributed by atoms with van der Waals surface area (Å²) in [6, 6.07) is 0. The molecule has 0 N–H and O–H groups in total. The Bertz CT molecular complexity index is 319. The Hall–Kier alpha value is -0.0300. The lowest BCUT2D eigenvalue weighted by atomic mass is 9.76. The molecule has 2 aliphatic heterocycles. The van der Waals surface area contributed by atoms with Crippen molar-refractivity contribution >= 4 is 12.0 Å². The fourth-order valence-electron chi connectivity index (χ4n) is 3.02. The van der Waals surface area contributed by atoms with Crippen LogP contribution in [-0.2, 0) is 13.7 Å². The SMILES string of the molecule is C=CCCOCC1OC(C)C(C)C2OSC(C)(C)C12. The summed E-state index contributed by atoms with van der Waals surface area (Å²) >= 11 is 1.61. The third kappa shape index (κ3) is 3.18. The van der Waals surface area contributed by atoms with Crippen LogP contribution in [-0.4, -0.2) is 36.3 Å². The average molecular weight is 286 g/mol. The molecule has 2 rings (SSSR count). The first-order valence-electron chi connectivity index (χ1n) is 7.16. The maximum Gasteiger partial charge on any atom is 0.0879 e. The van der Waals surface area contributed by atoms with Crippen LogP contribution >= 0.6 is 12.0 Å². The van der Waals surface area contributed by atoms with Crippen molar-refractivity contribution in [1.29, 1.82) is 0 Å². The van der Waals surface area contributed by atoms with Gasteiger partial charge in [-0.2, -0.15) is 0 Å². The topological polar surface area (TPSA) is 27.7 Å². The van der Waals surface area contributed by atoms with Crippen molar-refractivity contribution in [2.45, 2.75) is 57.2 Å². The van der Waals surface area contributed by atoms with Crippen LogP contribution in [0.4, 0.5) is 0 Å². The van der Waals surface area contributed by atoms with E-state index in [1.165, 1.54) is 0 Å². The smallest absolute Gasteiger partial charge is 0.0879 e. The fourth-order valence-corrected chi connectivity index (χ4v) is 4.08. The Kier molecular flexibility index (Phi) is 4.99. The Morgan fingerprint density at radius 2 is 2.11 bits per heavy atom. The molecule has 0 aromatic heterocycles. The summed E-state index contributed by atoms with van der Waals surface area (Å²) in [5, 5.41) is 0. The van der Waals surface area contributed by atoms with Gasteiger partial charge in [0.2, 0.25) is 0 Å². The molecular formula is C15H26O3S. The van der Waals surface area contributed by atoms with Gasteiger partial charge in [0, 0.05) is 16.6 Å². The summed E-state index contributed by atoms with van der Waals surface area (Å²) in [6.07, 6.45) is 3.40. The Morgan fingerprint density at radius 1 is 1.37 bits per heavy atom. The quantitative estimate of drug-likeness (QED) is 0.439. The van der Waals surface area contributed by atoms with E-state index in [1.54, 1.807) is 12.0 Å². The molecule has 5 atom stereocenters. The zero-order chi connectivity index (χ0) is 14.0. The molecule has 2 saturated heterocycles. The zero-order valence-corrected chi connectivity index (χ0v) is 13.2. The number of hydrogen-bond donors (Lipinski definition) is 0. The van der Waals surface area contributed by atoms with Crippen LogP contribution < -0.4 is 0 Å². The molecule has 2 fully saturated rings. The summed E-state index contributed by atoms with van der Waals surface area (Å²) in [6.45, 7) is 13.9. The summed E-state index contributed by atoms with van der Waals surface area (Å²) in [5.74, 6) is 0.830. The summed E-state index contributed by atoms with van der Waals surface area (Å²) in [4.78, 5) is 0. The minimum Gasteiger partial charge on any atom is -0.378 e. The predicted molar refractivity (Wildman–Crippen MR) is 79.2 cm³/mol. The lowest BCUT2D eigenvalue weighted by Crippen LogP contribution is -2.53. The van der Waals surface area contributed by atoms with Crippen LogP contribution in [0.25, 0.3) is 0 Å². The molecule has 4 heteroatoms. The molecule has 3 nitrogen and oxygen atoms in total. The van der Waals surface area contributed by atoms with Gasteiger partial charge in [-0.15, -0.1) is 6.58 Å². The van der Waals surface area contributed by atoms with Crippen LogP contribution in [0.2, 0.25) is 0 Å². The van der Waals surface area contributed by atoms with E-state index < -0.39 is 0 Å². The van der Waals surface area contributed by atoms with E-state index in [0.717, 1.165) is 13.0 Å². The molecule has 0 aliphatic carbocycles. The Balaban J connectivity index is 2.01. The van der Waals surface area contributed by atoms with Gasteiger partial charge in [0.25, 0.3) is 0 Å². The summed E-state index contributed by atoms with van der Waals surface area (Å²) in [5.41, 5.74) is 0. The van der Waals surface area contributed by atoms with Gasteiger partial charge in [0.05, 0.1) is 31.5 Å². The molecule has 110 valence electrons. The van der Waals surface area contributed by atoms with Crippen LogP contribution in [0, 0.1) is 11.8 Å². The molecule has 0 saturated carbocycles. The van der Waals surface area contributed by atoms with Gasteiger partial charge in [0.15, 0.2) is 0 Å². The molecule has 5 unspecified atom stereocenters. The highest BCUT2D eigenvalue weighted by Gasteiger charge is 2.55. The maximum atomic E-state index is 6.18. The van der Waals surface area contributed by atoms with Crippen molar-refractivity contribution in [2.24, 2.45) is 11.8 Å². The van der Waals surface area contributed by atoms with Crippen LogP contribution in [0.3, 0.4) is 0 Å². The first kappa shape index (κ1) is 15.4.